The first-order chi connectivity index (χ1) is 13.2. The lowest BCUT2D eigenvalue weighted by molar-refractivity contribution is -0.130. The first kappa shape index (κ1) is 19.9. The number of Topliss-reactive ketones (excluding diaryl/α,β-unsaturated/α-hetero) is 1. The lowest BCUT2D eigenvalue weighted by atomic mass is 9.92. The number of halogens is 1. The third-order valence-electron chi connectivity index (χ3n) is 5.17. The fourth-order valence-electron chi connectivity index (χ4n) is 3.61. The van der Waals surface area contributed by atoms with Crippen molar-refractivity contribution in [2.45, 2.75) is 32.9 Å². The van der Waals surface area contributed by atoms with Crippen molar-refractivity contribution < 1.29 is 14.4 Å². The van der Waals surface area contributed by atoms with Crippen LogP contribution in [-0.2, 0) is 16.9 Å². The fourth-order valence-corrected chi connectivity index (χ4v) is 3.94. The average Bonchev–Trinajstić information content (AvgIpc) is 3.05. The molecule has 0 bridgehead atoms. The van der Waals surface area contributed by atoms with Gasteiger partial charge in [0.2, 0.25) is 0 Å². The molecule has 1 atom stereocenters. The zero-order chi connectivity index (χ0) is 20.6. The largest absolute Gasteiger partial charge is 0.345 e. The molecule has 0 radical (unpaired) electrons. The van der Waals surface area contributed by atoms with Crippen LogP contribution >= 0.6 is 11.6 Å². The van der Waals surface area contributed by atoms with Gasteiger partial charge in [0.05, 0.1) is 6.54 Å². The van der Waals surface area contributed by atoms with Gasteiger partial charge in [-0.25, -0.2) is 4.79 Å². The monoisotopic (exact) mass is 399 g/mol. The van der Waals surface area contributed by atoms with Gasteiger partial charge in [0.25, 0.3) is 5.91 Å². The van der Waals surface area contributed by atoms with Crippen molar-refractivity contribution in [3.8, 4) is 0 Å². The predicted molar refractivity (Wildman–Crippen MR) is 107 cm³/mol. The van der Waals surface area contributed by atoms with Crippen molar-refractivity contribution >= 4 is 29.3 Å². The summed E-state index contributed by atoms with van der Waals surface area (Å²) in [5.41, 5.74) is 1.37. The van der Waals surface area contributed by atoms with Gasteiger partial charge in [-0.2, -0.15) is 0 Å². The molecule has 1 N–H and O–H groups in total. The summed E-state index contributed by atoms with van der Waals surface area (Å²) in [5.74, 6) is -0.797. The molecule has 0 spiro atoms. The fraction of sp³-hybridized carbons (Fsp3) is 0.286. The molecule has 1 fully saturated rings. The topological polar surface area (TPSA) is 71.4 Å². The van der Waals surface area contributed by atoms with Gasteiger partial charge >= 0.3 is 6.03 Å². The van der Waals surface area contributed by atoms with E-state index in [0.717, 1.165) is 16.3 Å². The molecule has 0 saturated carbocycles. The highest BCUT2D eigenvalue weighted by Gasteiger charge is 2.50. The Bertz CT molecular complexity index is 995. The van der Waals surface area contributed by atoms with Crippen LogP contribution in [-0.4, -0.2) is 33.7 Å². The van der Waals surface area contributed by atoms with Gasteiger partial charge in [-0.1, -0.05) is 35.9 Å². The zero-order valence-electron chi connectivity index (χ0n) is 16.1. The van der Waals surface area contributed by atoms with Gasteiger partial charge in [-0.15, -0.1) is 6.58 Å². The third-order valence-corrected chi connectivity index (χ3v) is 5.50. The number of carbonyl (C=O) groups excluding carboxylic acids is 3. The molecule has 146 valence electrons. The Kier molecular flexibility index (Phi) is 5.17. The molecule has 2 aromatic rings. The summed E-state index contributed by atoms with van der Waals surface area (Å²) in [6, 6.07) is 8.00. The lowest BCUT2D eigenvalue weighted by Gasteiger charge is -2.23. The maximum Gasteiger partial charge on any atom is 0.325 e. The summed E-state index contributed by atoms with van der Waals surface area (Å²) in [5, 5.41) is 3.05. The van der Waals surface area contributed by atoms with E-state index in [1.54, 1.807) is 43.3 Å². The molecule has 0 unspecified atom stereocenters. The molecule has 3 amide bonds. The van der Waals surface area contributed by atoms with Crippen molar-refractivity contribution in [1.29, 1.82) is 0 Å². The van der Waals surface area contributed by atoms with Gasteiger partial charge in [0, 0.05) is 34.1 Å². The maximum atomic E-state index is 13.0. The Morgan fingerprint density at radius 3 is 2.61 bits per heavy atom. The van der Waals surface area contributed by atoms with E-state index in [0.29, 0.717) is 22.7 Å². The van der Waals surface area contributed by atoms with E-state index in [4.69, 9.17) is 11.6 Å². The molecule has 2 heterocycles. The lowest BCUT2D eigenvalue weighted by Crippen LogP contribution is -2.41. The van der Waals surface area contributed by atoms with Gasteiger partial charge in [0.15, 0.2) is 5.78 Å². The number of allylic oxidation sites excluding steroid dienone is 1. The van der Waals surface area contributed by atoms with Gasteiger partial charge in [-0.3, -0.25) is 14.5 Å². The number of benzene rings is 1. The Morgan fingerprint density at radius 1 is 1.29 bits per heavy atom. The highest BCUT2D eigenvalue weighted by atomic mass is 35.5. The molecule has 0 aliphatic carbocycles. The van der Waals surface area contributed by atoms with Crippen molar-refractivity contribution in [2.24, 2.45) is 0 Å². The van der Waals surface area contributed by atoms with Gasteiger partial charge in [0.1, 0.15) is 5.54 Å². The summed E-state index contributed by atoms with van der Waals surface area (Å²) in [7, 11) is 0. The molecule has 1 aromatic carbocycles. The van der Waals surface area contributed by atoms with Crippen LogP contribution in [0.25, 0.3) is 0 Å². The van der Waals surface area contributed by atoms with Crippen LogP contribution in [0.15, 0.2) is 43.0 Å². The average molecular weight is 400 g/mol. The molecule has 28 heavy (non-hydrogen) atoms. The number of hydrogen-bond donors (Lipinski definition) is 1. The molecule has 7 heteroatoms. The van der Waals surface area contributed by atoms with Crippen molar-refractivity contribution in [3.05, 3.63) is 70.5 Å². The minimum atomic E-state index is -1.31. The maximum absolute atomic E-state index is 13.0. The van der Waals surface area contributed by atoms with Crippen LogP contribution in [0, 0.1) is 13.8 Å². The number of nitrogens with one attached hydrogen (secondary N) is 1. The number of rotatable bonds is 6. The van der Waals surface area contributed by atoms with Crippen LogP contribution in [0.3, 0.4) is 0 Å². The summed E-state index contributed by atoms with van der Waals surface area (Å²) < 4.78 is 1.96. The normalized spacial score (nSPS) is 19.1. The molecule has 3 rings (SSSR count). The van der Waals surface area contributed by atoms with Crippen LogP contribution < -0.4 is 5.32 Å². The summed E-state index contributed by atoms with van der Waals surface area (Å²) in [4.78, 5) is 39.3. The van der Waals surface area contributed by atoms with E-state index in [-0.39, 0.29) is 12.3 Å². The first-order valence-electron chi connectivity index (χ1n) is 8.90. The van der Waals surface area contributed by atoms with Crippen LogP contribution in [0.4, 0.5) is 4.79 Å². The molecule has 1 aliphatic heterocycles. The Balaban J connectivity index is 1.88. The number of aromatic nitrogens is 1. The van der Waals surface area contributed by atoms with E-state index in [1.807, 2.05) is 18.4 Å². The Morgan fingerprint density at radius 2 is 1.96 bits per heavy atom. The predicted octanol–water partition coefficient (Wildman–Crippen LogP) is 3.59. The quantitative estimate of drug-likeness (QED) is 0.458. The minimum Gasteiger partial charge on any atom is -0.345 e. The molecule has 1 aliphatic rings. The highest BCUT2D eigenvalue weighted by Crippen LogP contribution is 2.33. The van der Waals surface area contributed by atoms with Crippen molar-refractivity contribution in [3.63, 3.8) is 0 Å². The van der Waals surface area contributed by atoms with Gasteiger partial charge < -0.3 is 9.88 Å². The number of carbonyl (C=O) groups is 3. The van der Waals surface area contributed by atoms with Crippen LogP contribution in [0.1, 0.15) is 34.2 Å². The number of aryl methyl sites for hydroxylation is 1. The number of imide groups is 1. The number of nitrogens with zero attached hydrogens (tertiary/aromatic N) is 2. The second kappa shape index (κ2) is 7.28. The smallest absolute Gasteiger partial charge is 0.325 e. The van der Waals surface area contributed by atoms with Crippen LogP contribution in [0.2, 0.25) is 5.02 Å². The standard InChI is InChI=1S/C21H22ClN3O3/c1-5-10-24-13(2)11-15(14(24)3)18(26)12-25-19(27)21(4,23-20(25)28)16-8-6-7-9-17(16)22/h5-9,11H,1,10,12H2,2-4H3,(H,23,28)/t21-/m1/s1. The van der Waals surface area contributed by atoms with Gasteiger partial charge in [-0.05, 0) is 32.9 Å². The number of amides is 3. The van der Waals surface area contributed by atoms with E-state index in [1.165, 1.54) is 0 Å². The summed E-state index contributed by atoms with van der Waals surface area (Å²) >= 11 is 6.23. The van der Waals surface area contributed by atoms with Crippen LogP contribution in [0.5, 0.6) is 0 Å². The van der Waals surface area contributed by atoms with E-state index in [2.05, 4.69) is 11.9 Å². The number of hydrogen-bond acceptors (Lipinski definition) is 3. The van der Waals surface area contributed by atoms with E-state index >= 15 is 0 Å². The first-order valence-corrected chi connectivity index (χ1v) is 9.28. The molecule has 1 aromatic heterocycles. The second-order valence-electron chi connectivity index (χ2n) is 7.03. The van der Waals surface area contributed by atoms with E-state index in [9.17, 15) is 14.4 Å². The van der Waals surface area contributed by atoms with Crippen molar-refractivity contribution in [2.75, 3.05) is 6.54 Å². The Labute approximate surface area is 168 Å². The molecular weight excluding hydrogens is 378 g/mol. The number of ketones is 1. The van der Waals surface area contributed by atoms with Crippen molar-refractivity contribution in [1.82, 2.24) is 14.8 Å². The summed E-state index contributed by atoms with van der Waals surface area (Å²) in [6.07, 6.45) is 1.75. The van der Waals surface area contributed by atoms with E-state index < -0.39 is 17.5 Å². The zero-order valence-corrected chi connectivity index (χ0v) is 16.8. The summed E-state index contributed by atoms with van der Waals surface area (Å²) in [6.45, 7) is 9.30. The highest BCUT2D eigenvalue weighted by molar-refractivity contribution is 6.32. The third kappa shape index (κ3) is 3.14. The molecule has 6 nitrogen and oxygen atoms in total. The Hall–Kier alpha value is -2.86. The SMILES string of the molecule is C=CCn1c(C)cc(C(=O)CN2C(=O)N[C@](C)(c3ccccc3Cl)C2=O)c1C. The number of urea groups is 1. The second-order valence-corrected chi connectivity index (χ2v) is 7.44. The minimum absolute atomic E-state index is 0.296. The molecule has 1 saturated heterocycles. The molecular formula is C21H22ClN3O3.